The molecule has 0 aromatic carbocycles. The van der Waals surface area contributed by atoms with Crippen molar-refractivity contribution in [1.29, 1.82) is 0 Å². The quantitative estimate of drug-likeness (QED) is 0.356. The fraction of sp³-hybridized carbons (Fsp3) is 0. The third-order valence-corrected chi connectivity index (χ3v) is 0.863. The Kier molecular flexibility index (Phi) is 1.73. The van der Waals surface area contributed by atoms with Crippen LogP contribution in [0.4, 0.5) is 0 Å². The fourth-order valence-electron chi connectivity index (χ4n) is 0.477. The molecule has 9 heavy (non-hydrogen) atoms. The normalized spacial score (nSPS) is 8.00. The minimum absolute atomic E-state index is 0.319. The molecular formula is C6H5N3. The van der Waals surface area contributed by atoms with E-state index in [1.54, 1.807) is 24.4 Å². The molecule has 0 bridgehead atoms. The van der Waals surface area contributed by atoms with Gasteiger partial charge in [-0.3, -0.25) is 0 Å². The Morgan fingerprint density at radius 1 is 1.33 bits per heavy atom. The van der Waals surface area contributed by atoms with Crippen molar-refractivity contribution in [3.8, 4) is 0 Å². The number of nitrogens with zero attached hydrogens (tertiary/aromatic N) is 3. The SMILES string of the molecule is [N-]=[N+]=c1cccccn1. The van der Waals surface area contributed by atoms with Crippen molar-refractivity contribution in [2.75, 3.05) is 0 Å². The summed E-state index contributed by atoms with van der Waals surface area (Å²) in [5.74, 6) is 0. The molecule has 0 saturated heterocycles. The first kappa shape index (κ1) is 5.66. The Hall–Kier alpha value is -1.47. The summed E-state index contributed by atoms with van der Waals surface area (Å²) in [6, 6.07) is 6.93. The van der Waals surface area contributed by atoms with Crippen LogP contribution in [0.2, 0.25) is 0 Å². The van der Waals surface area contributed by atoms with Gasteiger partial charge in [0.2, 0.25) is 0 Å². The predicted molar refractivity (Wildman–Crippen MR) is 31.0 cm³/mol. The zero-order valence-electron chi connectivity index (χ0n) is 4.73. The molecule has 0 aliphatic heterocycles. The minimum Gasteiger partial charge on any atom is -0.497 e. The number of hydrogen-bond donors (Lipinski definition) is 0. The van der Waals surface area contributed by atoms with Crippen LogP contribution in [0.5, 0.6) is 0 Å². The Bertz CT molecular complexity index is 253. The highest BCUT2D eigenvalue weighted by atomic mass is 14.9. The maximum atomic E-state index is 8.21. The maximum Gasteiger partial charge on any atom is 0.400 e. The van der Waals surface area contributed by atoms with Gasteiger partial charge in [0.15, 0.2) is 0 Å². The van der Waals surface area contributed by atoms with Crippen LogP contribution in [0.15, 0.2) is 30.5 Å². The lowest BCUT2D eigenvalue weighted by Gasteiger charge is -1.55. The molecule has 3 nitrogen and oxygen atoms in total. The van der Waals surface area contributed by atoms with Crippen LogP contribution in [0.1, 0.15) is 0 Å². The van der Waals surface area contributed by atoms with Gasteiger partial charge in [0.1, 0.15) is 6.20 Å². The van der Waals surface area contributed by atoms with E-state index < -0.39 is 0 Å². The largest absolute Gasteiger partial charge is 0.497 e. The van der Waals surface area contributed by atoms with Crippen LogP contribution in [-0.2, 0) is 0 Å². The summed E-state index contributed by atoms with van der Waals surface area (Å²) < 4.78 is 0. The number of aromatic nitrogens is 1. The van der Waals surface area contributed by atoms with E-state index in [0.717, 1.165) is 0 Å². The van der Waals surface area contributed by atoms with Crippen molar-refractivity contribution in [1.82, 2.24) is 4.98 Å². The van der Waals surface area contributed by atoms with Crippen LogP contribution in [0.25, 0.3) is 5.53 Å². The molecule has 0 spiro atoms. The third kappa shape index (κ3) is 1.48. The fourth-order valence-corrected chi connectivity index (χ4v) is 0.477. The summed E-state index contributed by atoms with van der Waals surface area (Å²) in [5.41, 5.74) is 8.53. The van der Waals surface area contributed by atoms with Crippen molar-refractivity contribution in [2.24, 2.45) is 0 Å². The van der Waals surface area contributed by atoms with E-state index in [2.05, 4.69) is 9.77 Å². The molecule has 0 amide bonds. The van der Waals surface area contributed by atoms with Crippen molar-refractivity contribution in [3.63, 3.8) is 0 Å². The van der Waals surface area contributed by atoms with Crippen molar-refractivity contribution in [2.45, 2.75) is 0 Å². The first-order valence-corrected chi connectivity index (χ1v) is 2.53. The van der Waals surface area contributed by atoms with Crippen LogP contribution < -0.4 is 5.49 Å². The number of rotatable bonds is 0. The maximum absolute atomic E-state index is 8.21. The molecule has 0 N–H and O–H groups in total. The highest BCUT2D eigenvalue weighted by molar-refractivity contribution is 4.89. The zero-order valence-corrected chi connectivity index (χ0v) is 4.73. The average molecular weight is 119 g/mol. The van der Waals surface area contributed by atoms with Gasteiger partial charge in [-0.25, -0.2) is 0 Å². The smallest absolute Gasteiger partial charge is 0.400 e. The Morgan fingerprint density at radius 2 is 2.22 bits per heavy atom. The standard InChI is InChI=1S/C6H5N3/c7-9-6-4-2-1-3-5-8-6/h1-5H. The Balaban J connectivity index is 3.46. The van der Waals surface area contributed by atoms with E-state index in [9.17, 15) is 0 Å². The second-order valence-electron chi connectivity index (χ2n) is 1.48. The van der Waals surface area contributed by atoms with Gasteiger partial charge in [0.05, 0.1) is 0 Å². The summed E-state index contributed by atoms with van der Waals surface area (Å²) >= 11 is 0. The molecule has 1 rings (SSSR count). The molecule has 44 valence electrons. The molecule has 0 fully saturated rings. The van der Waals surface area contributed by atoms with E-state index in [-0.39, 0.29) is 0 Å². The molecule has 3 heteroatoms. The predicted octanol–water partition coefficient (Wildman–Crippen LogP) is 0.212. The van der Waals surface area contributed by atoms with Gasteiger partial charge in [0, 0.05) is 6.07 Å². The van der Waals surface area contributed by atoms with E-state index in [0.29, 0.717) is 5.49 Å². The molecule has 1 aromatic rings. The molecule has 0 unspecified atom stereocenters. The molecule has 1 aromatic heterocycles. The second-order valence-corrected chi connectivity index (χ2v) is 1.48. The van der Waals surface area contributed by atoms with Gasteiger partial charge >= 0.3 is 5.49 Å². The summed E-state index contributed by atoms with van der Waals surface area (Å²) in [4.78, 5) is 6.64. The van der Waals surface area contributed by atoms with E-state index >= 15 is 0 Å². The lowest BCUT2D eigenvalue weighted by atomic mass is 10.5. The molecule has 0 aliphatic carbocycles. The highest BCUT2D eigenvalue weighted by Crippen LogP contribution is 1.69. The lowest BCUT2D eigenvalue weighted by Crippen LogP contribution is -2.02. The van der Waals surface area contributed by atoms with Crippen LogP contribution >= 0.6 is 0 Å². The molecular weight excluding hydrogens is 114 g/mol. The summed E-state index contributed by atoms with van der Waals surface area (Å²) in [7, 11) is 0. The zero-order chi connectivity index (χ0) is 6.53. The second kappa shape index (κ2) is 2.74. The third-order valence-electron chi connectivity index (χ3n) is 0.863. The van der Waals surface area contributed by atoms with E-state index in [4.69, 9.17) is 5.53 Å². The van der Waals surface area contributed by atoms with Gasteiger partial charge in [-0.05, 0) is 11.1 Å². The summed E-state index contributed by atoms with van der Waals surface area (Å²) in [5, 5.41) is 0. The highest BCUT2D eigenvalue weighted by Gasteiger charge is 1.80. The van der Waals surface area contributed by atoms with E-state index in [1.807, 2.05) is 6.07 Å². The Morgan fingerprint density at radius 3 is 3.00 bits per heavy atom. The van der Waals surface area contributed by atoms with Crippen molar-refractivity contribution >= 4 is 0 Å². The van der Waals surface area contributed by atoms with Gasteiger partial charge in [0.25, 0.3) is 0 Å². The van der Waals surface area contributed by atoms with Crippen molar-refractivity contribution < 1.29 is 4.79 Å². The summed E-state index contributed by atoms with van der Waals surface area (Å²) in [6.07, 6.45) is 1.56. The Labute approximate surface area is 52.2 Å². The average Bonchev–Trinajstić information content (AvgIpc) is 2.13. The lowest BCUT2D eigenvalue weighted by molar-refractivity contribution is -0.0717. The monoisotopic (exact) mass is 119 g/mol. The van der Waals surface area contributed by atoms with Crippen LogP contribution in [0, 0.1) is 0 Å². The molecule has 0 aliphatic rings. The molecule has 0 radical (unpaired) electrons. The van der Waals surface area contributed by atoms with Crippen LogP contribution in [0.3, 0.4) is 0 Å². The topological polar surface area (TPSA) is 49.3 Å². The van der Waals surface area contributed by atoms with Crippen molar-refractivity contribution in [3.05, 3.63) is 41.5 Å². The molecule has 0 saturated carbocycles. The van der Waals surface area contributed by atoms with Gasteiger partial charge in [-0.2, -0.15) is 0 Å². The summed E-state index contributed by atoms with van der Waals surface area (Å²) in [6.45, 7) is 0. The van der Waals surface area contributed by atoms with Crippen LogP contribution in [-0.4, -0.2) is 9.77 Å². The minimum atomic E-state index is 0.319. The molecule has 1 heterocycles. The van der Waals surface area contributed by atoms with Gasteiger partial charge < -0.3 is 10.3 Å². The molecule has 0 atom stereocenters. The van der Waals surface area contributed by atoms with Gasteiger partial charge in [-0.15, -0.1) is 0 Å². The van der Waals surface area contributed by atoms with Gasteiger partial charge in [-0.1, -0.05) is 12.1 Å². The first-order chi connectivity index (χ1) is 4.43. The van der Waals surface area contributed by atoms with E-state index in [1.165, 1.54) is 0 Å². The number of hydrogen-bond acceptors (Lipinski definition) is 1. The first-order valence-electron chi connectivity index (χ1n) is 2.53.